The monoisotopic (exact) mass is 333 g/mol. The van der Waals surface area contributed by atoms with Crippen LogP contribution in [0.5, 0.6) is 0 Å². The van der Waals surface area contributed by atoms with Gasteiger partial charge in [-0.05, 0) is 36.8 Å². The average Bonchev–Trinajstić information content (AvgIpc) is 2.51. The average molecular weight is 334 g/mol. The van der Waals surface area contributed by atoms with E-state index < -0.39 is 5.97 Å². The molecule has 0 radical (unpaired) electrons. The molecule has 0 fully saturated rings. The number of nitrogens with zero attached hydrogens (tertiary/aromatic N) is 1. The van der Waals surface area contributed by atoms with Crippen LogP contribution >= 0.6 is 23.2 Å². The lowest BCUT2D eigenvalue weighted by Gasteiger charge is -2.01. The van der Waals surface area contributed by atoms with Gasteiger partial charge in [0.25, 0.3) is 0 Å². The number of oxime groups is 1. The minimum Gasteiger partial charge on any atom is -0.312 e. The van der Waals surface area contributed by atoms with E-state index in [1.807, 2.05) is 36.4 Å². The Morgan fingerprint density at radius 2 is 1.86 bits per heavy atom. The molecule has 0 N–H and O–H groups in total. The van der Waals surface area contributed by atoms with Crippen molar-refractivity contribution in [2.24, 2.45) is 5.16 Å². The first-order valence-corrected chi connectivity index (χ1v) is 7.26. The van der Waals surface area contributed by atoms with Crippen LogP contribution in [-0.2, 0) is 4.84 Å². The summed E-state index contributed by atoms with van der Waals surface area (Å²) in [6.45, 7) is 1.73. The second-order valence-corrected chi connectivity index (χ2v) is 5.32. The van der Waals surface area contributed by atoms with Crippen LogP contribution in [0.2, 0.25) is 10.0 Å². The normalized spacial score (nSPS) is 11.7. The Morgan fingerprint density at radius 3 is 2.55 bits per heavy atom. The van der Waals surface area contributed by atoms with Crippen LogP contribution in [0.3, 0.4) is 0 Å². The third-order valence-corrected chi connectivity index (χ3v) is 3.29. The van der Waals surface area contributed by atoms with Gasteiger partial charge in [0.05, 0.1) is 16.3 Å². The molecular weight excluding hydrogens is 321 g/mol. The zero-order valence-electron chi connectivity index (χ0n) is 11.8. The van der Waals surface area contributed by atoms with Gasteiger partial charge < -0.3 is 4.84 Å². The molecule has 2 rings (SSSR count). The maximum Gasteiger partial charge on any atom is 0.367 e. The van der Waals surface area contributed by atoms with Crippen LogP contribution in [0.25, 0.3) is 6.08 Å². The van der Waals surface area contributed by atoms with Crippen molar-refractivity contribution in [1.82, 2.24) is 0 Å². The van der Waals surface area contributed by atoms with E-state index in [1.165, 1.54) is 12.1 Å². The van der Waals surface area contributed by atoms with Gasteiger partial charge >= 0.3 is 5.97 Å². The van der Waals surface area contributed by atoms with Gasteiger partial charge in [0.15, 0.2) is 0 Å². The molecule has 3 nitrogen and oxygen atoms in total. The molecule has 5 heteroatoms. The molecule has 0 heterocycles. The largest absolute Gasteiger partial charge is 0.367 e. The molecule has 0 saturated heterocycles. The predicted octanol–water partition coefficient (Wildman–Crippen LogP) is 5.24. The lowest BCUT2D eigenvalue weighted by Crippen LogP contribution is -2.03. The van der Waals surface area contributed by atoms with Crippen molar-refractivity contribution in [2.75, 3.05) is 0 Å². The van der Waals surface area contributed by atoms with Crippen LogP contribution in [0.4, 0.5) is 0 Å². The highest BCUT2D eigenvalue weighted by atomic mass is 35.5. The van der Waals surface area contributed by atoms with Gasteiger partial charge in [-0.15, -0.1) is 0 Å². The number of carbonyl (C=O) groups is 1. The van der Waals surface area contributed by atoms with Gasteiger partial charge in [0.2, 0.25) is 0 Å². The van der Waals surface area contributed by atoms with Crippen LogP contribution in [0.15, 0.2) is 59.8 Å². The fraction of sp³-hybridized carbons (Fsp3) is 0.0588. The molecule has 0 aromatic heterocycles. The molecule has 112 valence electrons. The second-order valence-electron chi connectivity index (χ2n) is 4.48. The van der Waals surface area contributed by atoms with Crippen LogP contribution in [0.1, 0.15) is 22.8 Å². The molecule has 22 heavy (non-hydrogen) atoms. The fourth-order valence-corrected chi connectivity index (χ4v) is 2.11. The lowest BCUT2D eigenvalue weighted by molar-refractivity contribution is 0.0517. The molecule has 0 bridgehead atoms. The summed E-state index contributed by atoms with van der Waals surface area (Å²) in [6, 6.07) is 14.3. The van der Waals surface area contributed by atoms with Gasteiger partial charge in [0, 0.05) is 5.02 Å². The molecule has 0 amide bonds. The maximum atomic E-state index is 11.9. The molecule has 0 aliphatic heterocycles. The summed E-state index contributed by atoms with van der Waals surface area (Å²) in [7, 11) is 0. The van der Waals surface area contributed by atoms with E-state index in [2.05, 4.69) is 5.16 Å². The summed E-state index contributed by atoms with van der Waals surface area (Å²) in [6.07, 6.45) is 3.63. The molecular formula is C17H13Cl2NO2. The SMILES string of the molecule is CC(/C=C/c1ccccc1)=NOC(=O)c1ccc(Cl)cc1Cl. The Balaban J connectivity index is 2.01. The molecule has 2 aromatic carbocycles. The summed E-state index contributed by atoms with van der Waals surface area (Å²) in [5.74, 6) is -0.630. The van der Waals surface area contributed by atoms with Gasteiger partial charge in [-0.2, -0.15) is 0 Å². The summed E-state index contributed by atoms with van der Waals surface area (Å²) in [4.78, 5) is 16.7. The van der Waals surface area contributed by atoms with E-state index in [0.29, 0.717) is 10.7 Å². The number of allylic oxidation sites excluding steroid dienone is 1. The van der Waals surface area contributed by atoms with Crippen molar-refractivity contribution in [3.05, 3.63) is 75.8 Å². The van der Waals surface area contributed by atoms with E-state index in [-0.39, 0.29) is 10.6 Å². The van der Waals surface area contributed by atoms with Crippen LogP contribution < -0.4 is 0 Å². The number of rotatable bonds is 4. The summed E-state index contributed by atoms with van der Waals surface area (Å²) in [5.41, 5.74) is 1.81. The van der Waals surface area contributed by atoms with Crippen molar-refractivity contribution in [3.63, 3.8) is 0 Å². The van der Waals surface area contributed by atoms with Crippen LogP contribution in [-0.4, -0.2) is 11.7 Å². The quantitative estimate of drug-likeness (QED) is 0.436. The number of carbonyl (C=O) groups excluding carboxylic acids is 1. The third kappa shape index (κ3) is 4.72. The highest BCUT2D eigenvalue weighted by Crippen LogP contribution is 2.21. The minimum absolute atomic E-state index is 0.217. The Kier molecular flexibility index (Phi) is 5.75. The first-order chi connectivity index (χ1) is 10.6. The Morgan fingerprint density at radius 1 is 1.14 bits per heavy atom. The molecule has 0 saturated carbocycles. The molecule has 2 aromatic rings. The van der Waals surface area contributed by atoms with Gasteiger partial charge in [0.1, 0.15) is 0 Å². The van der Waals surface area contributed by atoms with E-state index in [0.717, 1.165) is 5.56 Å². The minimum atomic E-state index is -0.630. The first-order valence-electron chi connectivity index (χ1n) is 6.50. The Hall–Kier alpha value is -2.10. The summed E-state index contributed by atoms with van der Waals surface area (Å²) >= 11 is 11.7. The second kappa shape index (κ2) is 7.78. The van der Waals surface area contributed by atoms with Crippen molar-refractivity contribution in [2.45, 2.75) is 6.92 Å². The van der Waals surface area contributed by atoms with Crippen LogP contribution in [0, 0.1) is 0 Å². The number of hydrogen-bond donors (Lipinski definition) is 0. The fourth-order valence-electron chi connectivity index (χ4n) is 1.63. The Bertz CT molecular complexity index is 725. The highest BCUT2D eigenvalue weighted by molar-refractivity contribution is 6.36. The molecule has 0 spiro atoms. The van der Waals surface area contributed by atoms with E-state index in [1.54, 1.807) is 19.1 Å². The molecule has 0 aliphatic carbocycles. The van der Waals surface area contributed by atoms with Crippen molar-refractivity contribution in [3.8, 4) is 0 Å². The summed E-state index contributed by atoms with van der Waals surface area (Å²) in [5, 5.41) is 4.45. The van der Waals surface area contributed by atoms with Gasteiger partial charge in [-0.1, -0.05) is 64.8 Å². The zero-order chi connectivity index (χ0) is 15.9. The maximum absolute atomic E-state index is 11.9. The molecule has 0 unspecified atom stereocenters. The van der Waals surface area contributed by atoms with E-state index >= 15 is 0 Å². The van der Waals surface area contributed by atoms with Crippen molar-refractivity contribution >= 4 is 41.0 Å². The van der Waals surface area contributed by atoms with E-state index in [4.69, 9.17) is 28.0 Å². The number of halogens is 2. The smallest absolute Gasteiger partial charge is 0.312 e. The third-order valence-electron chi connectivity index (χ3n) is 2.74. The standard InChI is InChI=1S/C17H13Cl2NO2/c1-12(7-8-13-5-3-2-4-6-13)20-22-17(21)15-10-9-14(18)11-16(15)19/h2-11H,1H3/b8-7+,20-12?. The van der Waals surface area contributed by atoms with Crippen molar-refractivity contribution < 1.29 is 9.63 Å². The lowest BCUT2D eigenvalue weighted by atomic mass is 10.2. The first kappa shape index (κ1) is 16.3. The number of benzene rings is 2. The van der Waals surface area contributed by atoms with E-state index in [9.17, 15) is 4.79 Å². The summed E-state index contributed by atoms with van der Waals surface area (Å²) < 4.78 is 0. The highest BCUT2D eigenvalue weighted by Gasteiger charge is 2.12. The number of hydrogen-bond acceptors (Lipinski definition) is 3. The Labute approximate surface area is 138 Å². The van der Waals surface area contributed by atoms with Gasteiger partial charge in [-0.3, -0.25) is 0 Å². The predicted molar refractivity (Wildman–Crippen MR) is 90.5 cm³/mol. The van der Waals surface area contributed by atoms with Gasteiger partial charge in [-0.25, -0.2) is 4.79 Å². The topological polar surface area (TPSA) is 38.7 Å². The van der Waals surface area contributed by atoms with Crippen molar-refractivity contribution in [1.29, 1.82) is 0 Å². The zero-order valence-corrected chi connectivity index (χ0v) is 13.3. The molecule has 0 aliphatic rings. The molecule has 0 atom stereocenters.